The first kappa shape index (κ1) is 75.4. The van der Waals surface area contributed by atoms with E-state index in [9.17, 15) is 9.59 Å². The van der Waals surface area contributed by atoms with Crippen molar-refractivity contribution in [3.63, 3.8) is 0 Å². The van der Waals surface area contributed by atoms with Gasteiger partial charge in [-0.05, 0) is 75.4 Å². The number of carbonyl (C=O) groups is 2. The van der Waals surface area contributed by atoms with Crippen LogP contribution in [-0.2, 0) is 59.6 Å². The molecule has 1 aromatic carbocycles. The molecule has 89 heavy (non-hydrogen) atoms. The zero-order chi connectivity index (χ0) is 62.8. The first-order valence-electron chi connectivity index (χ1n) is 30.2. The van der Waals surface area contributed by atoms with Gasteiger partial charge >= 0.3 is 5.97 Å². The molecule has 0 radical (unpaired) electrons. The average Bonchev–Trinajstić information content (AvgIpc) is 4.60. The maximum absolute atomic E-state index is 10.9. The summed E-state index contributed by atoms with van der Waals surface area (Å²) in [5.41, 5.74) is 6.29. The molecule has 1 saturated heterocycles. The van der Waals surface area contributed by atoms with Gasteiger partial charge < -0.3 is 61.3 Å². The summed E-state index contributed by atoms with van der Waals surface area (Å²) in [5, 5.41) is 35.0. The molecule has 10 N–H and O–H groups in total. The molecule has 7 aromatic rings. The SMILES string of the molecule is C.C.C=CC(=O)Nc1ccc(C(=O)O)cc1.CC(C)(C)c1cnc(CCl)o1.CC(C)(C)c1cnc(CNCc2cnc(NC3CCCCC3)s2)o1.CC(C)(C)c1cnc(CNCc2cnc(N[C@@H]3CCCNC3)s2)o1.NCc1cnc(NC2CCCCC2)s1. The zero-order valence-corrected chi connectivity index (χ0v) is 55.5. The van der Waals surface area contributed by atoms with Crippen molar-refractivity contribution in [2.45, 2.75) is 227 Å². The van der Waals surface area contributed by atoms with Gasteiger partial charge in [0, 0.05) is 99.5 Å². The lowest BCUT2D eigenvalue weighted by Crippen LogP contribution is -2.38. The summed E-state index contributed by atoms with van der Waals surface area (Å²) in [6, 6.07) is 7.61. The van der Waals surface area contributed by atoms with Crippen LogP contribution >= 0.6 is 45.6 Å². The number of aromatic nitrogens is 6. The Labute approximate surface area is 545 Å². The second-order valence-corrected chi connectivity index (χ2v) is 28.4. The molecule has 3 fully saturated rings. The number of rotatable bonds is 19. The van der Waals surface area contributed by atoms with E-state index in [1.165, 1.54) is 111 Å². The van der Waals surface area contributed by atoms with E-state index in [-0.39, 0.29) is 42.6 Å². The number of hydrogen-bond donors (Lipinski definition) is 9. The number of aromatic carboxylic acids is 1. The molecule has 1 amide bonds. The van der Waals surface area contributed by atoms with Gasteiger partial charge in [0.1, 0.15) is 17.3 Å². The van der Waals surface area contributed by atoms with Crippen LogP contribution in [0.2, 0.25) is 0 Å². The highest BCUT2D eigenvalue weighted by Gasteiger charge is 2.22. The molecule has 2 saturated carbocycles. The van der Waals surface area contributed by atoms with E-state index in [0.717, 1.165) is 81.6 Å². The predicted molar refractivity (Wildman–Crippen MR) is 367 cm³/mol. The van der Waals surface area contributed by atoms with Gasteiger partial charge in [-0.1, -0.05) is 122 Å². The highest BCUT2D eigenvalue weighted by atomic mass is 35.5. The van der Waals surface area contributed by atoms with Crippen LogP contribution in [0.25, 0.3) is 0 Å². The molecular weight excluding hydrogens is 1200 g/mol. The van der Waals surface area contributed by atoms with Crippen molar-refractivity contribution in [2.24, 2.45) is 5.73 Å². The van der Waals surface area contributed by atoms with E-state index in [1.54, 1.807) is 40.2 Å². The topological polar surface area (TPSA) is 281 Å². The summed E-state index contributed by atoms with van der Waals surface area (Å²) in [5.74, 6) is 3.82. The van der Waals surface area contributed by atoms with Crippen molar-refractivity contribution >= 4 is 78.6 Å². The van der Waals surface area contributed by atoms with Crippen LogP contribution in [0.15, 0.2) is 87.4 Å². The fourth-order valence-electron chi connectivity index (χ4n) is 9.04. The lowest BCUT2D eigenvalue weighted by atomic mass is 9.94. The summed E-state index contributed by atoms with van der Waals surface area (Å²) in [4.78, 5) is 50.9. The quantitative estimate of drug-likeness (QED) is 0.0269. The fraction of sp³-hybridized carbons (Fsp3) is 0.569. The molecule has 2 aliphatic carbocycles. The summed E-state index contributed by atoms with van der Waals surface area (Å²) < 4.78 is 16.9. The van der Waals surface area contributed by atoms with Crippen LogP contribution in [0.1, 0.15) is 214 Å². The third kappa shape index (κ3) is 27.5. The number of nitrogens with zero attached hydrogens (tertiary/aromatic N) is 6. The molecule has 20 nitrogen and oxygen atoms in total. The van der Waals surface area contributed by atoms with Crippen molar-refractivity contribution in [3.8, 4) is 0 Å². The number of thiazole rings is 3. The highest BCUT2D eigenvalue weighted by Crippen LogP contribution is 2.29. The van der Waals surface area contributed by atoms with Crippen molar-refractivity contribution in [1.29, 1.82) is 0 Å². The van der Waals surface area contributed by atoms with Gasteiger partial charge in [0.15, 0.2) is 15.4 Å². The molecule has 24 heteroatoms. The Balaban J connectivity index is 0.000000244. The zero-order valence-electron chi connectivity index (χ0n) is 52.3. The van der Waals surface area contributed by atoms with Crippen molar-refractivity contribution < 1.29 is 27.9 Å². The van der Waals surface area contributed by atoms with Crippen LogP contribution in [-0.4, -0.2) is 78.1 Å². The predicted octanol–water partition coefficient (Wildman–Crippen LogP) is 15.2. The smallest absolute Gasteiger partial charge is 0.335 e. The molecule has 0 spiro atoms. The van der Waals surface area contributed by atoms with Gasteiger partial charge in [0.25, 0.3) is 0 Å². The molecule has 7 heterocycles. The first-order chi connectivity index (χ1) is 41.6. The van der Waals surface area contributed by atoms with E-state index in [4.69, 9.17) is 35.7 Å². The minimum atomic E-state index is -0.994. The molecule has 10 rings (SSSR count). The molecule has 0 bridgehead atoms. The van der Waals surface area contributed by atoms with Gasteiger partial charge in [-0.15, -0.1) is 45.6 Å². The van der Waals surface area contributed by atoms with Crippen LogP contribution in [0, 0.1) is 0 Å². The number of oxazole rings is 3. The Morgan fingerprint density at radius 2 is 1.00 bits per heavy atom. The van der Waals surface area contributed by atoms with E-state index in [0.29, 0.717) is 55.2 Å². The van der Waals surface area contributed by atoms with Crippen molar-refractivity contribution in [3.05, 3.63) is 129 Å². The lowest BCUT2D eigenvalue weighted by Gasteiger charge is -2.23. The van der Waals surface area contributed by atoms with Crippen molar-refractivity contribution in [1.82, 2.24) is 45.9 Å². The van der Waals surface area contributed by atoms with Crippen LogP contribution in [0.5, 0.6) is 0 Å². The number of alkyl halides is 1. The number of benzene rings is 1. The normalized spacial score (nSPS) is 15.3. The van der Waals surface area contributed by atoms with Gasteiger partial charge in [-0.2, -0.15) is 0 Å². The molecule has 1 atom stereocenters. The summed E-state index contributed by atoms with van der Waals surface area (Å²) in [6.07, 6.45) is 28.0. The minimum absolute atomic E-state index is 0. The summed E-state index contributed by atoms with van der Waals surface area (Å²) in [6.45, 7) is 27.9. The van der Waals surface area contributed by atoms with Gasteiger partial charge in [-0.25, -0.2) is 34.7 Å². The standard InChI is InChI=1S/C18H28N4OS.C17H27N5OS.C10H17N3S.C10H9NO3.C8H12ClNO.2CH4/c1-18(2,3)15-11-20-16(23-15)12-19-9-14-10-21-17(24-14)22-13-7-5-4-6-8-13;1-17(2,3)14-10-20-15(23-14)11-19-8-13-9-21-16(24-13)22-12-5-4-6-18-7-12;11-6-9-7-12-10(14-9)13-8-4-2-1-3-5-8;1-2-9(12)11-8-5-3-7(4-6-8)10(13)14;1-8(2,3)6-5-10-7(4-9)11-6;;/h10-11,13,19H,4-9,12H2,1-3H3,(H,21,22);9-10,12,18-19H,4-8,11H2,1-3H3,(H,21,22);7-8H,1-6,11H2,(H,12,13);2-6H,1H2,(H,11,12)(H,13,14);5H,4H2,1-3H3;2*1H4/t;12-;;;;;/m.1...../s1. The summed E-state index contributed by atoms with van der Waals surface area (Å²) >= 11 is 10.7. The maximum atomic E-state index is 10.9. The second kappa shape index (κ2) is 38.0. The van der Waals surface area contributed by atoms with Gasteiger partial charge in [-0.3, -0.25) is 4.79 Å². The molecular formula is C65H101ClN14O6S3. The fourth-order valence-corrected chi connectivity index (χ4v) is 11.7. The van der Waals surface area contributed by atoms with E-state index < -0.39 is 5.97 Å². The highest BCUT2D eigenvalue weighted by molar-refractivity contribution is 7.16. The number of carbonyl (C=O) groups excluding carboxylic acids is 1. The third-order valence-corrected chi connectivity index (χ3v) is 17.1. The number of carboxylic acids is 1. The number of anilines is 4. The van der Waals surface area contributed by atoms with Crippen molar-refractivity contribution in [2.75, 3.05) is 34.4 Å². The average molecular weight is 1310 g/mol. The monoisotopic (exact) mass is 1300 g/mol. The van der Waals surface area contributed by atoms with Crippen LogP contribution in [0.4, 0.5) is 21.1 Å². The molecule has 6 aromatic heterocycles. The molecule has 0 unspecified atom stereocenters. The molecule has 3 aliphatic rings. The Morgan fingerprint density at radius 1 is 0.596 bits per heavy atom. The Morgan fingerprint density at radius 3 is 1.36 bits per heavy atom. The number of carboxylic acid groups (broad SMARTS) is 1. The number of hydrogen-bond acceptors (Lipinski definition) is 21. The largest absolute Gasteiger partial charge is 0.478 e. The minimum Gasteiger partial charge on any atom is -0.478 e. The van der Waals surface area contributed by atoms with Gasteiger partial charge in [0.2, 0.25) is 23.6 Å². The van der Waals surface area contributed by atoms with Crippen LogP contribution < -0.4 is 43.0 Å². The maximum Gasteiger partial charge on any atom is 0.335 e. The number of nitrogens with one attached hydrogen (secondary N) is 7. The lowest BCUT2D eigenvalue weighted by molar-refractivity contribution is -0.111. The molecule has 492 valence electrons. The summed E-state index contributed by atoms with van der Waals surface area (Å²) in [7, 11) is 0. The Kier molecular flexibility index (Phi) is 32.2. The molecule has 1 aliphatic heterocycles. The third-order valence-electron chi connectivity index (χ3n) is 14.1. The first-order valence-corrected chi connectivity index (χ1v) is 33.2. The Hall–Kier alpha value is -6.05. The Bertz CT molecular complexity index is 2980. The van der Waals surface area contributed by atoms with Gasteiger partial charge in [0.05, 0.1) is 43.1 Å². The number of halogens is 1. The second-order valence-electron chi connectivity index (χ2n) is 24.8. The van der Waals surface area contributed by atoms with E-state index >= 15 is 0 Å². The number of piperidine rings is 1. The number of amides is 1. The van der Waals surface area contributed by atoms with E-state index in [2.05, 4.69) is 136 Å². The number of nitrogens with two attached hydrogens (primary N) is 1. The van der Waals surface area contributed by atoms with Crippen LogP contribution in [0.3, 0.4) is 0 Å². The van der Waals surface area contributed by atoms with E-state index in [1.807, 2.05) is 31.0 Å².